The van der Waals surface area contributed by atoms with E-state index in [2.05, 4.69) is 48.5 Å². The first-order valence-corrected chi connectivity index (χ1v) is 8.13. The lowest BCUT2D eigenvalue weighted by Crippen LogP contribution is -2.25. The number of hydrogen-bond donors (Lipinski definition) is 0. The molecule has 2 aromatic carbocycles. The zero-order chi connectivity index (χ0) is 14.5. The molecule has 108 valence electrons. The van der Waals surface area contributed by atoms with Gasteiger partial charge in [-0.15, -0.1) is 0 Å². The van der Waals surface area contributed by atoms with Crippen molar-refractivity contribution in [3.05, 3.63) is 71.3 Å². The largest absolute Gasteiger partial charge is 0.464 e. The van der Waals surface area contributed by atoms with Crippen LogP contribution in [0.5, 0.6) is 0 Å². The Morgan fingerprint density at radius 2 is 1.77 bits per heavy atom. The third kappa shape index (κ3) is 0.889. The van der Waals surface area contributed by atoms with Crippen LogP contribution < -0.4 is 0 Å². The SMILES string of the molecule is O=C1OCC23c4ccccc4C4C[C@H](c5ccccc5)C12C43. The van der Waals surface area contributed by atoms with Crippen molar-refractivity contribution in [2.45, 2.75) is 23.7 Å². The topological polar surface area (TPSA) is 26.3 Å². The van der Waals surface area contributed by atoms with Crippen LogP contribution >= 0.6 is 0 Å². The molecule has 1 aliphatic heterocycles. The highest BCUT2D eigenvalue weighted by Crippen LogP contribution is 2.90. The van der Waals surface area contributed by atoms with Crippen LogP contribution in [0.25, 0.3) is 0 Å². The van der Waals surface area contributed by atoms with Crippen LogP contribution in [0.2, 0.25) is 0 Å². The Morgan fingerprint density at radius 1 is 1.00 bits per heavy atom. The lowest BCUT2D eigenvalue weighted by atomic mass is 9.77. The number of fused-ring (bicyclic) bond motifs is 2. The van der Waals surface area contributed by atoms with Gasteiger partial charge in [0.25, 0.3) is 0 Å². The van der Waals surface area contributed by atoms with Crippen LogP contribution in [-0.4, -0.2) is 12.6 Å². The summed E-state index contributed by atoms with van der Waals surface area (Å²) in [6.45, 7) is 0.591. The van der Waals surface area contributed by atoms with Crippen LogP contribution in [0.15, 0.2) is 54.6 Å². The van der Waals surface area contributed by atoms with E-state index in [1.54, 1.807) is 0 Å². The molecular formula is C20H16O2. The average Bonchev–Trinajstić information content (AvgIpc) is 2.82. The van der Waals surface area contributed by atoms with Gasteiger partial charge in [-0.05, 0) is 34.9 Å². The van der Waals surface area contributed by atoms with Crippen molar-refractivity contribution in [2.75, 3.05) is 6.61 Å². The number of hydrogen-bond acceptors (Lipinski definition) is 2. The molecule has 3 aliphatic carbocycles. The molecule has 0 radical (unpaired) electrons. The van der Waals surface area contributed by atoms with Crippen molar-refractivity contribution < 1.29 is 9.53 Å². The van der Waals surface area contributed by atoms with Gasteiger partial charge in [-0.1, -0.05) is 54.6 Å². The van der Waals surface area contributed by atoms with Crippen LogP contribution in [0.1, 0.15) is 34.9 Å². The van der Waals surface area contributed by atoms with Gasteiger partial charge in [0, 0.05) is 5.92 Å². The molecule has 1 heterocycles. The van der Waals surface area contributed by atoms with Crippen molar-refractivity contribution in [2.24, 2.45) is 11.3 Å². The van der Waals surface area contributed by atoms with Gasteiger partial charge in [0.15, 0.2) is 0 Å². The third-order valence-electron chi connectivity index (χ3n) is 6.93. The third-order valence-corrected chi connectivity index (χ3v) is 6.93. The molecule has 0 bridgehead atoms. The second-order valence-electron chi connectivity index (χ2n) is 7.29. The molecule has 0 aromatic heterocycles. The van der Waals surface area contributed by atoms with E-state index in [1.807, 2.05) is 6.07 Å². The van der Waals surface area contributed by atoms with Crippen molar-refractivity contribution in [1.82, 2.24) is 0 Å². The summed E-state index contributed by atoms with van der Waals surface area (Å²) in [6, 6.07) is 19.3. The molecule has 2 spiro atoms. The fourth-order valence-electron chi connectivity index (χ4n) is 6.40. The molecule has 2 nitrogen and oxygen atoms in total. The van der Waals surface area contributed by atoms with Gasteiger partial charge in [0.2, 0.25) is 0 Å². The summed E-state index contributed by atoms with van der Waals surface area (Å²) in [4.78, 5) is 12.8. The van der Waals surface area contributed by atoms with E-state index in [1.165, 1.54) is 16.7 Å². The Balaban J connectivity index is 1.62. The van der Waals surface area contributed by atoms with Gasteiger partial charge in [0.1, 0.15) is 6.61 Å². The fourth-order valence-corrected chi connectivity index (χ4v) is 6.40. The zero-order valence-electron chi connectivity index (χ0n) is 12.2. The van der Waals surface area contributed by atoms with E-state index in [0.29, 0.717) is 24.4 Å². The predicted octanol–water partition coefficient (Wildman–Crippen LogP) is 3.38. The Kier molecular flexibility index (Phi) is 1.72. The first-order chi connectivity index (χ1) is 10.8. The fraction of sp³-hybridized carbons (Fsp3) is 0.350. The smallest absolute Gasteiger partial charge is 0.314 e. The highest BCUT2D eigenvalue weighted by Gasteiger charge is 2.94. The summed E-state index contributed by atoms with van der Waals surface area (Å²) in [5, 5.41) is 0. The highest BCUT2D eigenvalue weighted by molar-refractivity contribution is 5.93. The molecule has 6 rings (SSSR count). The van der Waals surface area contributed by atoms with Gasteiger partial charge in [-0.25, -0.2) is 0 Å². The second-order valence-corrected chi connectivity index (χ2v) is 7.29. The molecule has 2 saturated carbocycles. The lowest BCUT2D eigenvalue weighted by molar-refractivity contribution is -0.146. The number of esters is 1. The van der Waals surface area contributed by atoms with Gasteiger partial charge in [-0.3, -0.25) is 4.79 Å². The number of ether oxygens (including phenoxy) is 1. The molecule has 3 fully saturated rings. The maximum Gasteiger partial charge on any atom is 0.314 e. The highest BCUT2D eigenvalue weighted by atomic mass is 16.5. The van der Waals surface area contributed by atoms with Crippen LogP contribution in [0, 0.1) is 11.3 Å². The molecular weight excluding hydrogens is 272 g/mol. The standard InChI is InChI=1S/C20H16O2/c21-18-20-16(12-6-2-1-3-7-12)10-14-13-8-4-5-9-15(13)19(20,11-22-18)17(14)20/h1-9,14,16-17H,10-11H2/t14?,16-,17?,19?,20?/m1/s1. The molecule has 0 N–H and O–H groups in total. The van der Waals surface area contributed by atoms with E-state index in [4.69, 9.17) is 4.74 Å². The number of benzene rings is 2. The summed E-state index contributed by atoms with van der Waals surface area (Å²) in [7, 11) is 0. The minimum atomic E-state index is -0.270. The number of cyclic esters (lactones) is 1. The molecule has 5 atom stereocenters. The molecule has 4 unspecified atom stereocenters. The maximum atomic E-state index is 12.8. The van der Waals surface area contributed by atoms with Crippen LogP contribution in [-0.2, 0) is 14.9 Å². The Morgan fingerprint density at radius 3 is 2.64 bits per heavy atom. The van der Waals surface area contributed by atoms with Crippen molar-refractivity contribution in [3.63, 3.8) is 0 Å². The maximum absolute atomic E-state index is 12.8. The van der Waals surface area contributed by atoms with E-state index >= 15 is 0 Å². The summed E-state index contributed by atoms with van der Waals surface area (Å²) in [5.74, 6) is 1.38. The molecule has 1 saturated heterocycles. The summed E-state index contributed by atoms with van der Waals surface area (Å²) < 4.78 is 5.61. The van der Waals surface area contributed by atoms with E-state index in [9.17, 15) is 4.79 Å². The van der Waals surface area contributed by atoms with Crippen molar-refractivity contribution >= 4 is 5.97 Å². The van der Waals surface area contributed by atoms with Gasteiger partial charge in [0.05, 0.1) is 10.8 Å². The lowest BCUT2D eigenvalue weighted by Gasteiger charge is -2.22. The van der Waals surface area contributed by atoms with Crippen molar-refractivity contribution in [3.8, 4) is 0 Å². The van der Waals surface area contributed by atoms with Gasteiger partial charge in [-0.2, -0.15) is 0 Å². The first kappa shape index (κ1) is 11.5. The molecule has 0 amide bonds. The number of carbonyl (C=O) groups excluding carboxylic acids is 1. The van der Waals surface area contributed by atoms with Crippen LogP contribution in [0.3, 0.4) is 0 Å². The Bertz CT molecular complexity index is 827. The Labute approximate surface area is 129 Å². The van der Waals surface area contributed by atoms with Crippen LogP contribution in [0.4, 0.5) is 0 Å². The summed E-state index contributed by atoms with van der Waals surface area (Å²) in [6.07, 6.45) is 1.09. The van der Waals surface area contributed by atoms with Crippen molar-refractivity contribution in [1.29, 1.82) is 0 Å². The predicted molar refractivity (Wildman–Crippen MR) is 81.5 cm³/mol. The minimum absolute atomic E-state index is 0.0237. The zero-order valence-corrected chi connectivity index (χ0v) is 12.2. The Hall–Kier alpha value is -2.09. The monoisotopic (exact) mass is 288 g/mol. The van der Waals surface area contributed by atoms with Gasteiger partial charge < -0.3 is 4.74 Å². The number of rotatable bonds is 1. The first-order valence-electron chi connectivity index (χ1n) is 8.13. The molecule has 2 heteroatoms. The normalized spacial score (nSPS) is 42.5. The minimum Gasteiger partial charge on any atom is -0.464 e. The number of carbonyl (C=O) groups is 1. The van der Waals surface area contributed by atoms with E-state index in [0.717, 1.165) is 6.42 Å². The summed E-state index contributed by atoms with van der Waals surface area (Å²) in [5.41, 5.74) is 3.88. The molecule has 4 aliphatic rings. The van der Waals surface area contributed by atoms with Gasteiger partial charge >= 0.3 is 5.97 Å². The average molecular weight is 288 g/mol. The summed E-state index contributed by atoms with van der Waals surface area (Å²) >= 11 is 0. The van der Waals surface area contributed by atoms with E-state index in [-0.39, 0.29) is 16.8 Å². The molecule has 22 heavy (non-hydrogen) atoms. The molecule has 2 aromatic rings. The quantitative estimate of drug-likeness (QED) is 0.752. The van der Waals surface area contributed by atoms with E-state index < -0.39 is 0 Å². The second kappa shape index (κ2) is 3.29.